The Morgan fingerprint density at radius 3 is 2.83 bits per heavy atom. The molecule has 0 bridgehead atoms. The number of rotatable bonds is 4. The summed E-state index contributed by atoms with van der Waals surface area (Å²) < 4.78 is 26.5. The largest absolute Gasteiger partial charge is 0.329 e. The van der Waals surface area contributed by atoms with Gasteiger partial charge in [0.05, 0.1) is 16.5 Å². The van der Waals surface area contributed by atoms with Crippen molar-refractivity contribution in [3.05, 3.63) is 36.5 Å². The maximum absolute atomic E-state index is 12.0. The van der Waals surface area contributed by atoms with Crippen molar-refractivity contribution in [3.63, 3.8) is 0 Å². The van der Waals surface area contributed by atoms with Gasteiger partial charge < -0.3 is 5.73 Å². The van der Waals surface area contributed by atoms with E-state index in [-0.39, 0.29) is 6.54 Å². The van der Waals surface area contributed by atoms with Gasteiger partial charge in [-0.1, -0.05) is 6.07 Å². The lowest BCUT2D eigenvalue weighted by Gasteiger charge is -2.14. The monoisotopic (exact) mass is 265 g/mol. The Balaban J connectivity index is 2.44. The molecule has 5 nitrogen and oxygen atoms in total. The second kappa shape index (κ2) is 4.91. The molecular formula is C12H15N3O2S. The third-order valence-electron chi connectivity index (χ3n) is 2.76. The molecule has 0 radical (unpaired) electrons. The molecule has 1 aromatic carbocycles. The number of nitrogens with one attached hydrogen (secondary N) is 1. The summed E-state index contributed by atoms with van der Waals surface area (Å²) in [6.45, 7) is 1.66. The molecule has 0 spiro atoms. The highest BCUT2D eigenvalue weighted by atomic mass is 32.2. The molecule has 1 atom stereocenters. The SMILES string of the molecule is CC(CN)S(=O)(=O)Nc1cccc2ncccc12. The average Bonchev–Trinajstić information content (AvgIpc) is 2.38. The smallest absolute Gasteiger partial charge is 0.236 e. The maximum Gasteiger partial charge on any atom is 0.236 e. The number of sulfonamides is 1. The van der Waals surface area contributed by atoms with Crippen LogP contribution in [0.5, 0.6) is 0 Å². The summed E-state index contributed by atoms with van der Waals surface area (Å²) in [5.74, 6) is 0. The van der Waals surface area contributed by atoms with Gasteiger partial charge in [0.25, 0.3) is 0 Å². The van der Waals surface area contributed by atoms with Crippen LogP contribution in [0, 0.1) is 0 Å². The number of anilines is 1. The summed E-state index contributed by atoms with van der Waals surface area (Å²) in [5.41, 5.74) is 6.67. The number of fused-ring (bicyclic) bond motifs is 1. The minimum absolute atomic E-state index is 0.0817. The first-order chi connectivity index (χ1) is 8.54. The van der Waals surface area contributed by atoms with Gasteiger partial charge >= 0.3 is 0 Å². The van der Waals surface area contributed by atoms with Crippen molar-refractivity contribution in [3.8, 4) is 0 Å². The molecule has 0 amide bonds. The zero-order valence-corrected chi connectivity index (χ0v) is 10.8. The van der Waals surface area contributed by atoms with Crippen molar-refractivity contribution in [2.75, 3.05) is 11.3 Å². The van der Waals surface area contributed by atoms with E-state index in [1.54, 1.807) is 31.3 Å². The average molecular weight is 265 g/mol. The van der Waals surface area contributed by atoms with E-state index < -0.39 is 15.3 Å². The molecule has 0 saturated carbocycles. The minimum Gasteiger partial charge on any atom is -0.329 e. The van der Waals surface area contributed by atoms with Crippen molar-refractivity contribution in [2.45, 2.75) is 12.2 Å². The van der Waals surface area contributed by atoms with Gasteiger partial charge in [-0.15, -0.1) is 0 Å². The minimum atomic E-state index is -3.46. The Morgan fingerprint density at radius 1 is 1.33 bits per heavy atom. The molecule has 0 fully saturated rings. The number of aromatic nitrogens is 1. The summed E-state index contributed by atoms with van der Waals surface area (Å²) in [6, 6.07) is 8.91. The number of hydrogen-bond acceptors (Lipinski definition) is 4. The standard InChI is InChI=1S/C12H15N3O2S/c1-9(8-13)18(16,17)15-12-6-2-5-11-10(12)4-3-7-14-11/h2-7,9,15H,8,13H2,1H3. The Morgan fingerprint density at radius 2 is 2.11 bits per heavy atom. The van der Waals surface area contributed by atoms with E-state index in [0.29, 0.717) is 5.69 Å². The van der Waals surface area contributed by atoms with Crippen molar-refractivity contribution in [2.24, 2.45) is 5.73 Å². The van der Waals surface area contributed by atoms with Gasteiger partial charge in [-0.2, -0.15) is 0 Å². The van der Waals surface area contributed by atoms with E-state index in [2.05, 4.69) is 9.71 Å². The Hall–Kier alpha value is -1.66. The molecule has 2 aromatic rings. The molecular weight excluding hydrogens is 250 g/mol. The van der Waals surface area contributed by atoms with Crippen molar-refractivity contribution >= 4 is 26.6 Å². The first kappa shape index (κ1) is 12.8. The van der Waals surface area contributed by atoms with Crippen LogP contribution in [-0.2, 0) is 10.0 Å². The molecule has 3 N–H and O–H groups in total. The van der Waals surface area contributed by atoms with Gasteiger partial charge in [0.15, 0.2) is 0 Å². The summed E-state index contributed by atoms with van der Waals surface area (Å²) >= 11 is 0. The molecule has 0 aliphatic carbocycles. The molecule has 96 valence electrons. The Kier molecular flexibility index (Phi) is 3.49. The predicted molar refractivity (Wildman–Crippen MR) is 72.8 cm³/mol. The van der Waals surface area contributed by atoms with E-state index >= 15 is 0 Å². The summed E-state index contributed by atoms with van der Waals surface area (Å²) in [6.07, 6.45) is 1.67. The fraction of sp³-hybridized carbons (Fsp3) is 0.250. The van der Waals surface area contributed by atoms with Crippen molar-refractivity contribution in [1.29, 1.82) is 0 Å². The number of nitrogens with two attached hydrogens (primary N) is 1. The zero-order chi connectivity index (χ0) is 13.2. The van der Waals surface area contributed by atoms with E-state index in [1.807, 2.05) is 12.1 Å². The van der Waals surface area contributed by atoms with Gasteiger partial charge in [0.2, 0.25) is 10.0 Å². The van der Waals surface area contributed by atoms with Crippen LogP contribution in [0.1, 0.15) is 6.92 Å². The van der Waals surface area contributed by atoms with Gasteiger partial charge in [-0.25, -0.2) is 8.42 Å². The van der Waals surface area contributed by atoms with Crippen LogP contribution in [0.4, 0.5) is 5.69 Å². The second-order valence-corrected chi connectivity index (χ2v) is 6.17. The molecule has 1 aromatic heterocycles. The second-order valence-electron chi connectivity index (χ2n) is 4.07. The van der Waals surface area contributed by atoms with Crippen LogP contribution >= 0.6 is 0 Å². The highest BCUT2D eigenvalue weighted by molar-refractivity contribution is 7.93. The third-order valence-corrected chi connectivity index (χ3v) is 4.52. The Labute approximate surface area is 106 Å². The van der Waals surface area contributed by atoms with Crippen LogP contribution in [0.25, 0.3) is 10.9 Å². The quantitative estimate of drug-likeness (QED) is 0.873. The summed E-state index contributed by atoms with van der Waals surface area (Å²) in [7, 11) is -3.46. The Bertz CT molecular complexity index is 650. The van der Waals surface area contributed by atoms with E-state index in [4.69, 9.17) is 5.73 Å². The zero-order valence-electron chi connectivity index (χ0n) is 10.00. The molecule has 0 aliphatic rings. The van der Waals surface area contributed by atoms with Gasteiger partial charge in [-0.3, -0.25) is 9.71 Å². The molecule has 0 saturated heterocycles. The first-order valence-corrected chi connectivity index (χ1v) is 7.14. The van der Waals surface area contributed by atoms with Crippen molar-refractivity contribution in [1.82, 2.24) is 4.98 Å². The number of benzene rings is 1. The highest BCUT2D eigenvalue weighted by Crippen LogP contribution is 2.22. The molecule has 18 heavy (non-hydrogen) atoms. The van der Waals surface area contributed by atoms with Crippen LogP contribution in [0.15, 0.2) is 36.5 Å². The lowest BCUT2D eigenvalue weighted by Crippen LogP contribution is -2.31. The van der Waals surface area contributed by atoms with Gasteiger partial charge in [-0.05, 0) is 31.2 Å². The third kappa shape index (κ3) is 2.44. The number of nitrogens with zero attached hydrogens (tertiary/aromatic N) is 1. The topological polar surface area (TPSA) is 85.1 Å². The van der Waals surface area contributed by atoms with Crippen LogP contribution < -0.4 is 10.5 Å². The molecule has 0 aliphatic heterocycles. The maximum atomic E-state index is 12.0. The highest BCUT2D eigenvalue weighted by Gasteiger charge is 2.19. The van der Waals surface area contributed by atoms with Crippen LogP contribution in [0.2, 0.25) is 0 Å². The summed E-state index contributed by atoms with van der Waals surface area (Å²) in [4.78, 5) is 4.18. The first-order valence-electron chi connectivity index (χ1n) is 5.60. The van der Waals surface area contributed by atoms with Crippen LogP contribution in [0.3, 0.4) is 0 Å². The molecule has 1 unspecified atom stereocenters. The predicted octanol–water partition coefficient (Wildman–Crippen LogP) is 1.32. The van der Waals surface area contributed by atoms with Crippen LogP contribution in [-0.4, -0.2) is 25.2 Å². The number of pyridine rings is 1. The van der Waals surface area contributed by atoms with E-state index in [9.17, 15) is 8.42 Å². The van der Waals surface area contributed by atoms with Gasteiger partial charge in [0.1, 0.15) is 0 Å². The van der Waals surface area contributed by atoms with Crippen molar-refractivity contribution < 1.29 is 8.42 Å². The fourth-order valence-electron chi connectivity index (χ4n) is 1.57. The lowest BCUT2D eigenvalue weighted by atomic mass is 10.2. The molecule has 1 heterocycles. The lowest BCUT2D eigenvalue weighted by molar-refractivity contribution is 0.589. The number of hydrogen-bond donors (Lipinski definition) is 2. The molecule has 6 heteroatoms. The fourth-order valence-corrected chi connectivity index (χ4v) is 2.51. The molecule has 2 rings (SSSR count). The van der Waals surface area contributed by atoms with Gasteiger partial charge in [0, 0.05) is 18.1 Å². The summed E-state index contributed by atoms with van der Waals surface area (Å²) in [5, 5.41) is 0.136. The van der Waals surface area contributed by atoms with E-state index in [1.165, 1.54) is 0 Å². The van der Waals surface area contributed by atoms with E-state index in [0.717, 1.165) is 10.9 Å². The normalized spacial score (nSPS) is 13.4.